The van der Waals surface area contributed by atoms with Gasteiger partial charge < -0.3 is 15.8 Å². The fourth-order valence-corrected chi connectivity index (χ4v) is 2.24. The Balaban J connectivity index is 1.83. The molecule has 1 amide bonds. The number of aryl methyl sites for hydroxylation is 1. The molecule has 0 saturated heterocycles. The Morgan fingerprint density at radius 2 is 2.20 bits per heavy atom. The summed E-state index contributed by atoms with van der Waals surface area (Å²) in [5, 5.41) is 2.76. The zero-order chi connectivity index (χ0) is 14.5. The van der Waals surface area contributed by atoms with E-state index in [0.717, 1.165) is 18.5 Å². The maximum atomic E-state index is 10.9. The highest BCUT2D eigenvalue weighted by molar-refractivity contribution is 5.88. The summed E-state index contributed by atoms with van der Waals surface area (Å²) in [7, 11) is 0. The third-order valence-corrected chi connectivity index (χ3v) is 3.51. The van der Waals surface area contributed by atoms with Gasteiger partial charge in [-0.15, -0.1) is 0 Å². The van der Waals surface area contributed by atoms with Crippen molar-refractivity contribution >= 4 is 17.6 Å². The van der Waals surface area contributed by atoms with Gasteiger partial charge in [0.05, 0.1) is 6.04 Å². The molecule has 2 atom stereocenters. The van der Waals surface area contributed by atoms with E-state index < -0.39 is 0 Å². The van der Waals surface area contributed by atoms with Crippen LogP contribution in [0.3, 0.4) is 0 Å². The van der Waals surface area contributed by atoms with Crippen LogP contribution in [0.2, 0.25) is 0 Å². The Bertz CT molecular complexity index is 496. The minimum absolute atomic E-state index is 0.0527. The maximum Gasteiger partial charge on any atom is 0.282 e. The number of nitrogens with zero attached hydrogens (tertiary/aromatic N) is 1. The molecule has 3 N–H and O–H groups in total. The number of hydrogen-bond acceptors (Lipinski definition) is 4. The van der Waals surface area contributed by atoms with Gasteiger partial charge >= 0.3 is 0 Å². The molecule has 1 aromatic rings. The van der Waals surface area contributed by atoms with Crippen LogP contribution in [0.4, 0.5) is 5.69 Å². The van der Waals surface area contributed by atoms with Crippen molar-refractivity contribution in [3.05, 3.63) is 29.8 Å². The third kappa shape index (κ3) is 3.98. The molecule has 5 nitrogen and oxygen atoms in total. The van der Waals surface area contributed by atoms with Crippen LogP contribution < -0.4 is 11.1 Å². The molecule has 0 aromatic heterocycles. The highest BCUT2D eigenvalue weighted by Crippen LogP contribution is 2.19. The average molecular weight is 275 g/mol. The zero-order valence-electron chi connectivity index (χ0n) is 11.9. The molecule has 0 fully saturated rings. The zero-order valence-corrected chi connectivity index (χ0v) is 11.9. The number of amides is 1. The lowest BCUT2D eigenvalue weighted by molar-refractivity contribution is -0.114. The lowest BCUT2D eigenvalue weighted by Crippen LogP contribution is -2.17. The van der Waals surface area contributed by atoms with E-state index >= 15 is 0 Å². The summed E-state index contributed by atoms with van der Waals surface area (Å²) in [5.74, 6) is 0.383. The molecule has 1 aliphatic rings. The summed E-state index contributed by atoms with van der Waals surface area (Å²) in [6.45, 7) is 4.27. The van der Waals surface area contributed by atoms with E-state index in [0.29, 0.717) is 18.5 Å². The molecule has 2 unspecified atom stereocenters. The Labute approximate surface area is 119 Å². The molecule has 0 radical (unpaired) electrons. The number of nitrogens with one attached hydrogen (secondary N) is 1. The molecule has 0 spiro atoms. The van der Waals surface area contributed by atoms with Crippen LogP contribution in [0.15, 0.2) is 29.3 Å². The second-order valence-electron chi connectivity index (χ2n) is 5.24. The molecule has 0 saturated carbocycles. The predicted octanol–water partition coefficient (Wildman–Crippen LogP) is 1.93. The molecule has 1 aliphatic heterocycles. The van der Waals surface area contributed by atoms with Crippen molar-refractivity contribution in [1.82, 2.24) is 0 Å². The predicted molar refractivity (Wildman–Crippen MR) is 79.6 cm³/mol. The average Bonchev–Trinajstić information content (AvgIpc) is 2.84. The summed E-state index contributed by atoms with van der Waals surface area (Å²) < 4.78 is 5.18. The van der Waals surface area contributed by atoms with Crippen molar-refractivity contribution in [1.29, 1.82) is 0 Å². The summed E-state index contributed by atoms with van der Waals surface area (Å²) in [4.78, 5) is 15.2. The van der Waals surface area contributed by atoms with Crippen LogP contribution in [0.1, 0.15) is 25.8 Å². The smallest absolute Gasteiger partial charge is 0.282 e. The lowest BCUT2D eigenvalue weighted by Gasteiger charge is -2.15. The van der Waals surface area contributed by atoms with E-state index in [1.807, 2.05) is 24.3 Å². The Hall–Kier alpha value is -2.04. The van der Waals surface area contributed by atoms with Crippen molar-refractivity contribution in [2.24, 2.45) is 16.6 Å². The number of carbonyl (C=O) groups excluding carboxylic acids is 1. The van der Waals surface area contributed by atoms with E-state index in [1.165, 1.54) is 12.5 Å². The number of nitrogens with two attached hydrogens (primary N) is 1. The topological polar surface area (TPSA) is 76.7 Å². The molecular formula is C15H21N3O2. The largest absolute Gasteiger partial charge is 0.463 e. The first-order chi connectivity index (χ1) is 9.54. The summed E-state index contributed by atoms with van der Waals surface area (Å²) in [6, 6.07) is 8.42. The molecule has 20 heavy (non-hydrogen) atoms. The van der Waals surface area contributed by atoms with E-state index in [4.69, 9.17) is 10.5 Å². The van der Waals surface area contributed by atoms with Crippen molar-refractivity contribution < 1.29 is 9.53 Å². The van der Waals surface area contributed by atoms with Crippen LogP contribution >= 0.6 is 0 Å². The van der Waals surface area contributed by atoms with E-state index in [1.54, 1.807) is 0 Å². The SMILES string of the molecule is CC(=O)Nc1ccc(CCC(C)C2COC(N)=N2)cc1. The highest BCUT2D eigenvalue weighted by atomic mass is 16.5. The minimum Gasteiger partial charge on any atom is -0.463 e. The fraction of sp³-hybridized carbons (Fsp3) is 0.467. The number of amidine groups is 1. The molecule has 0 bridgehead atoms. The van der Waals surface area contributed by atoms with Crippen molar-refractivity contribution in [2.45, 2.75) is 32.7 Å². The highest BCUT2D eigenvalue weighted by Gasteiger charge is 2.22. The van der Waals surface area contributed by atoms with E-state index in [2.05, 4.69) is 17.2 Å². The Morgan fingerprint density at radius 3 is 2.75 bits per heavy atom. The molecule has 1 aromatic carbocycles. The van der Waals surface area contributed by atoms with Crippen LogP contribution in [0.25, 0.3) is 0 Å². The van der Waals surface area contributed by atoms with E-state index in [9.17, 15) is 4.79 Å². The first kappa shape index (κ1) is 14.4. The molecule has 5 heteroatoms. The number of aliphatic imine (C=N–C) groups is 1. The van der Waals surface area contributed by atoms with Gasteiger partial charge in [-0.2, -0.15) is 0 Å². The summed E-state index contributed by atoms with van der Waals surface area (Å²) >= 11 is 0. The lowest BCUT2D eigenvalue weighted by atomic mass is 9.95. The number of carbonyl (C=O) groups is 1. The third-order valence-electron chi connectivity index (χ3n) is 3.51. The fourth-order valence-electron chi connectivity index (χ4n) is 2.24. The molecule has 0 aliphatic carbocycles. The van der Waals surface area contributed by atoms with Crippen LogP contribution in [-0.2, 0) is 16.0 Å². The molecule has 1 heterocycles. The monoisotopic (exact) mass is 275 g/mol. The maximum absolute atomic E-state index is 10.9. The molecular weight excluding hydrogens is 254 g/mol. The Kier molecular flexibility index (Phi) is 4.61. The minimum atomic E-state index is -0.0527. The standard InChI is InChI=1S/C15H21N3O2/c1-10(14-9-20-15(16)18-14)3-4-12-5-7-13(8-6-12)17-11(2)19/h5-8,10,14H,3-4,9H2,1-2H3,(H2,16,18)(H,17,19). The number of anilines is 1. The van der Waals surface area contributed by atoms with Gasteiger partial charge in [-0.25, -0.2) is 4.99 Å². The van der Waals surface area contributed by atoms with Gasteiger partial charge in [-0.3, -0.25) is 4.79 Å². The normalized spacial score (nSPS) is 19.1. The second kappa shape index (κ2) is 6.41. The van der Waals surface area contributed by atoms with Crippen LogP contribution in [0.5, 0.6) is 0 Å². The van der Waals surface area contributed by atoms with Crippen molar-refractivity contribution in [3.63, 3.8) is 0 Å². The van der Waals surface area contributed by atoms with Crippen molar-refractivity contribution in [2.75, 3.05) is 11.9 Å². The van der Waals surface area contributed by atoms with Gasteiger partial charge in [0.1, 0.15) is 6.61 Å². The van der Waals surface area contributed by atoms with Gasteiger partial charge in [0, 0.05) is 12.6 Å². The van der Waals surface area contributed by atoms with E-state index in [-0.39, 0.29) is 11.9 Å². The van der Waals surface area contributed by atoms with Gasteiger partial charge in [-0.05, 0) is 36.5 Å². The molecule has 2 rings (SSSR count). The van der Waals surface area contributed by atoms with Gasteiger partial charge in [-0.1, -0.05) is 19.1 Å². The summed E-state index contributed by atoms with van der Waals surface area (Å²) in [6.07, 6.45) is 2.01. The quantitative estimate of drug-likeness (QED) is 0.862. The number of hydrogen-bond donors (Lipinski definition) is 2. The second-order valence-corrected chi connectivity index (χ2v) is 5.24. The van der Waals surface area contributed by atoms with Crippen LogP contribution in [0, 0.1) is 5.92 Å². The number of ether oxygens (including phenoxy) is 1. The van der Waals surface area contributed by atoms with Gasteiger partial charge in [0.25, 0.3) is 6.02 Å². The first-order valence-electron chi connectivity index (χ1n) is 6.87. The van der Waals surface area contributed by atoms with Crippen LogP contribution in [-0.4, -0.2) is 24.6 Å². The van der Waals surface area contributed by atoms with Gasteiger partial charge in [0.2, 0.25) is 5.91 Å². The first-order valence-corrected chi connectivity index (χ1v) is 6.87. The number of rotatable bonds is 5. The molecule has 108 valence electrons. The number of benzene rings is 1. The summed E-state index contributed by atoms with van der Waals surface area (Å²) in [5.41, 5.74) is 7.60. The Morgan fingerprint density at radius 1 is 1.50 bits per heavy atom. The van der Waals surface area contributed by atoms with Crippen molar-refractivity contribution in [3.8, 4) is 0 Å². The van der Waals surface area contributed by atoms with Gasteiger partial charge in [0.15, 0.2) is 0 Å².